The molecule has 0 radical (unpaired) electrons. The number of benzene rings is 2. The third-order valence-electron chi connectivity index (χ3n) is 4.59. The number of nitrogens with one attached hydrogen (secondary N) is 1. The van der Waals surface area contributed by atoms with E-state index in [9.17, 15) is 4.79 Å². The second-order valence-electron chi connectivity index (χ2n) is 6.89. The van der Waals surface area contributed by atoms with Gasteiger partial charge in [0, 0.05) is 37.4 Å². The van der Waals surface area contributed by atoms with Crippen LogP contribution in [0.2, 0.25) is 10.0 Å². The number of hydrogen-bond donors (Lipinski definition) is 1. The van der Waals surface area contributed by atoms with E-state index in [1.165, 1.54) is 11.8 Å². The summed E-state index contributed by atoms with van der Waals surface area (Å²) in [6.07, 6.45) is 0.788. The van der Waals surface area contributed by atoms with Gasteiger partial charge in [-0.25, -0.2) is 0 Å². The van der Waals surface area contributed by atoms with E-state index in [-0.39, 0.29) is 11.2 Å². The highest BCUT2D eigenvalue weighted by molar-refractivity contribution is 8.00. The Morgan fingerprint density at radius 2 is 1.90 bits per heavy atom. The second-order valence-corrected chi connectivity index (χ2v) is 9.04. The average Bonchev–Trinajstić information content (AvgIpc) is 3.15. The van der Waals surface area contributed by atoms with Crippen molar-refractivity contribution < 1.29 is 9.53 Å². The van der Waals surface area contributed by atoms with Gasteiger partial charge in [0.2, 0.25) is 5.91 Å². The fourth-order valence-electron chi connectivity index (χ4n) is 2.93. The van der Waals surface area contributed by atoms with Gasteiger partial charge < -0.3 is 14.6 Å². The summed E-state index contributed by atoms with van der Waals surface area (Å²) < 4.78 is 7.18. The van der Waals surface area contributed by atoms with Gasteiger partial charge in [0.25, 0.3) is 0 Å². The number of rotatable bonds is 10. The second kappa shape index (κ2) is 11.5. The molecule has 6 nitrogen and oxygen atoms in total. The summed E-state index contributed by atoms with van der Waals surface area (Å²) in [5.74, 6) is 0.601. The van der Waals surface area contributed by atoms with E-state index < -0.39 is 0 Å². The Bertz CT molecular complexity index is 1010. The van der Waals surface area contributed by atoms with Crippen molar-refractivity contribution in [2.75, 3.05) is 13.7 Å². The first-order valence-electron chi connectivity index (χ1n) is 9.85. The van der Waals surface area contributed by atoms with Crippen molar-refractivity contribution in [3.63, 3.8) is 0 Å². The first-order valence-corrected chi connectivity index (χ1v) is 11.5. The van der Waals surface area contributed by atoms with Crippen LogP contribution in [0.4, 0.5) is 0 Å². The molecule has 1 atom stereocenters. The van der Waals surface area contributed by atoms with Crippen LogP contribution in [-0.4, -0.2) is 39.6 Å². The molecular weight excluding hydrogens is 455 g/mol. The quantitative estimate of drug-likeness (QED) is 0.324. The maximum absolute atomic E-state index is 12.6. The fourth-order valence-corrected chi connectivity index (χ4v) is 4.18. The zero-order valence-corrected chi connectivity index (χ0v) is 19.7. The van der Waals surface area contributed by atoms with E-state index in [1.807, 2.05) is 47.9 Å². The Balaban J connectivity index is 1.72. The molecule has 3 aromatic rings. The maximum atomic E-state index is 12.6. The van der Waals surface area contributed by atoms with Gasteiger partial charge in [0.05, 0.1) is 10.3 Å². The first-order chi connectivity index (χ1) is 15.0. The van der Waals surface area contributed by atoms with Crippen LogP contribution in [0.1, 0.15) is 18.9 Å². The van der Waals surface area contributed by atoms with Crippen LogP contribution in [0, 0.1) is 0 Å². The third kappa shape index (κ3) is 6.46. The number of aromatic nitrogens is 3. The number of carbonyl (C=O) groups is 1. The molecule has 0 spiro atoms. The highest BCUT2D eigenvalue weighted by Crippen LogP contribution is 2.31. The minimum atomic E-state index is -0.350. The first kappa shape index (κ1) is 23.6. The van der Waals surface area contributed by atoms with Gasteiger partial charge in [-0.15, -0.1) is 10.2 Å². The molecule has 0 aliphatic carbocycles. The molecule has 1 unspecified atom stereocenters. The summed E-state index contributed by atoms with van der Waals surface area (Å²) in [4.78, 5) is 12.6. The molecule has 0 saturated carbocycles. The predicted octanol–water partition coefficient (Wildman–Crippen LogP) is 5.09. The summed E-state index contributed by atoms with van der Waals surface area (Å²) in [6, 6.07) is 14.9. The number of hydrogen-bond acceptors (Lipinski definition) is 5. The van der Waals surface area contributed by atoms with Crippen molar-refractivity contribution in [1.29, 1.82) is 0 Å². The molecule has 0 aliphatic rings. The highest BCUT2D eigenvalue weighted by Gasteiger charge is 2.21. The van der Waals surface area contributed by atoms with Crippen LogP contribution in [0.15, 0.2) is 53.7 Å². The summed E-state index contributed by atoms with van der Waals surface area (Å²) in [5.41, 5.74) is 1.79. The molecule has 1 aromatic heterocycles. The van der Waals surface area contributed by atoms with Gasteiger partial charge in [-0.2, -0.15) is 0 Å². The molecule has 0 bridgehead atoms. The van der Waals surface area contributed by atoms with Crippen molar-refractivity contribution in [3.8, 4) is 11.4 Å². The molecule has 31 heavy (non-hydrogen) atoms. The fraction of sp³-hybridized carbons (Fsp3) is 0.318. The maximum Gasteiger partial charge on any atom is 0.233 e. The largest absolute Gasteiger partial charge is 0.385 e. The minimum absolute atomic E-state index is 0.0781. The Kier molecular flexibility index (Phi) is 8.78. The van der Waals surface area contributed by atoms with Crippen LogP contribution in [0.3, 0.4) is 0 Å². The predicted molar refractivity (Wildman–Crippen MR) is 126 cm³/mol. The molecule has 0 fully saturated rings. The van der Waals surface area contributed by atoms with Crippen molar-refractivity contribution in [1.82, 2.24) is 20.1 Å². The molecule has 3 rings (SSSR count). The average molecular weight is 479 g/mol. The van der Waals surface area contributed by atoms with E-state index in [1.54, 1.807) is 19.2 Å². The Labute approximate surface area is 196 Å². The van der Waals surface area contributed by atoms with Crippen molar-refractivity contribution in [3.05, 3.63) is 64.1 Å². The van der Waals surface area contributed by atoms with E-state index >= 15 is 0 Å². The van der Waals surface area contributed by atoms with Crippen molar-refractivity contribution in [2.45, 2.75) is 36.8 Å². The molecule has 2 aromatic carbocycles. The lowest BCUT2D eigenvalue weighted by Gasteiger charge is -2.14. The lowest BCUT2D eigenvalue weighted by molar-refractivity contribution is -0.120. The minimum Gasteiger partial charge on any atom is -0.385 e. The van der Waals surface area contributed by atoms with Crippen molar-refractivity contribution >= 4 is 40.9 Å². The third-order valence-corrected chi connectivity index (χ3v) is 6.26. The number of carbonyl (C=O) groups excluding carboxylic acids is 1. The summed E-state index contributed by atoms with van der Waals surface area (Å²) in [5, 5.41) is 13.3. The molecule has 164 valence electrons. The van der Waals surface area contributed by atoms with Gasteiger partial charge in [0.15, 0.2) is 11.0 Å². The zero-order chi connectivity index (χ0) is 22.2. The molecular formula is C22H24Cl2N4O2S. The highest BCUT2D eigenvalue weighted by atomic mass is 35.5. The van der Waals surface area contributed by atoms with E-state index in [4.69, 9.17) is 27.9 Å². The lowest BCUT2D eigenvalue weighted by atomic mass is 10.2. The molecule has 0 saturated heterocycles. The van der Waals surface area contributed by atoms with Crippen LogP contribution in [0.5, 0.6) is 0 Å². The van der Waals surface area contributed by atoms with Gasteiger partial charge in [0.1, 0.15) is 0 Å². The summed E-state index contributed by atoms with van der Waals surface area (Å²) in [6.45, 7) is 3.56. The van der Waals surface area contributed by atoms with Crippen LogP contribution < -0.4 is 5.32 Å². The lowest BCUT2D eigenvalue weighted by Crippen LogP contribution is -2.30. The topological polar surface area (TPSA) is 69.0 Å². The summed E-state index contributed by atoms with van der Waals surface area (Å²) >= 11 is 13.7. The van der Waals surface area contributed by atoms with Crippen LogP contribution in [0.25, 0.3) is 11.4 Å². The summed E-state index contributed by atoms with van der Waals surface area (Å²) in [7, 11) is 1.67. The number of halogens is 2. The van der Waals surface area contributed by atoms with Crippen LogP contribution >= 0.6 is 35.0 Å². The van der Waals surface area contributed by atoms with Gasteiger partial charge in [-0.1, -0.05) is 59.2 Å². The standard InChI is InChI=1S/C22H24Cl2N4O2S/c1-15(21(29)25-14-16-8-10-17(23)11-9-16)31-22-27-26-20(28(22)12-5-13-30-2)18-6-3-4-7-19(18)24/h3-4,6-11,15H,5,12-14H2,1-2H3,(H,25,29). The van der Waals surface area contributed by atoms with E-state index in [0.29, 0.717) is 40.7 Å². The normalized spacial score (nSPS) is 12.0. The van der Waals surface area contributed by atoms with Gasteiger partial charge >= 0.3 is 0 Å². The molecule has 9 heteroatoms. The van der Waals surface area contributed by atoms with Gasteiger partial charge in [-0.3, -0.25) is 4.79 Å². The zero-order valence-electron chi connectivity index (χ0n) is 17.3. The van der Waals surface area contributed by atoms with Gasteiger partial charge in [-0.05, 0) is 43.2 Å². The monoisotopic (exact) mass is 478 g/mol. The Morgan fingerprint density at radius 3 is 2.61 bits per heavy atom. The number of methoxy groups -OCH3 is 1. The molecule has 1 heterocycles. The Hall–Kier alpha value is -2.06. The molecule has 1 N–H and O–H groups in total. The van der Waals surface area contributed by atoms with E-state index in [0.717, 1.165) is 17.5 Å². The van der Waals surface area contributed by atoms with E-state index in [2.05, 4.69) is 15.5 Å². The number of amides is 1. The number of nitrogens with zero attached hydrogens (tertiary/aromatic N) is 3. The molecule has 1 amide bonds. The number of thioether (sulfide) groups is 1. The van der Waals surface area contributed by atoms with Crippen molar-refractivity contribution in [2.24, 2.45) is 0 Å². The number of ether oxygens (including phenoxy) is 1. The SMILES string of the molecule is COCCCn1c(SC(C)C(=O)NCc2ccc(Cl)cc2)nnc1-c1ccccc1Cl. The van der Waals surface area contributed by atoms with Crippen LogP contribution in [-0.2, 0) is 22.6 Å². The Morgan fingerprint density at radius 1 is 1.16 bits per heavy atom. The smallest absolute Gasteiger partial charge is 0.233 e. The molecule has 0 aliphatic heterocycles.